The van der Waals surface area contributed by atoms with Crippen molar-refractivity contribution in [2.24, 2.45) is 5.10 Å². The van der Waals surface area contributed by atoms with Crippen LogP contribution >= 0.6 is 0 Å². The molecule has 1 aromatic carbocycles. The molecule has 0 unspecified atom stereocenters. The molecule has 0 aliphatic carbocycles. The lowest BCUT2D eigenvalue weighted by Crippen LogP contribution is -2.11. The maximum Gasteiger partial charge on any atom is 0.273 e. The van der Waals surface area contributed by atoms with Gasteiger partial charge in [-0.1, -0.05) is 18.2 Å². The Balaban J connectivity index is 1.99. The number of nitrogens with zero attached hydrogens (tertiary/aromatic N) is 2. The molecule has 0 bridgehead atoms. The van der Waals surface area contributed by atoms with Crippen LogP contribution in [0.3, 0.4) is 0 Å². The van der Waals surface area contributed by atoms with Crippen molar-refractivity contribution in [3.05, 3.63) is 41.6 Å². The van der Waals surface area contributed by atoms with E-state index in [2.05, 4.69) is 27.4 Å². The minimum Gasteiger partial charge on any atom is -0.396 e. The van der Waals surface area contributed by atoms with Crippen LogP contribution in [-0.4, -0.2) is 28.4 Å². The molecule has 0 saturated heterocycles. The first-order valence-electron chi connectivity index (χ1n) is 7.03. The number of fused-ring (bicyclic) bond motifs is 1. The van der Waals surface area contributed by atoms with Gasteiger partial charge in [-0.25, -0.2) is 5.43 Å². The van der Waals surface area contributed by atoms with Crippen molar-refractivity contribution >= 4 is 29.1 Å². The third-order valence-electron chi connectivity index (χ3n) is 3.57. The molecular weight excluding hydrogens is 266 g/mol. The van der Waals surface area contributed by atoms with Gasteiger partial charge in [-0.2, -0.15) is 5.10 Å². The number of aromatic nitrogens is 1. The fraction of sp³-hybridized carbons (Fsp3) is 0.250. The summed E-state index contributed by atoms with van der Waals surface area (Å²) in [6.07, 6.45) is 7.16. The number of aryl methyl sites for hydroxylation is 1. The van der Waals surface area contributed by atoms with Crippen LogP contribution in [0, 0.1) is 0 Å². The quantitative estimate of drug-likeness (QED) is 0.650. The molecule has 2 N–H and O–H groups in total. The molecule has 0 radical (unpaired) electrons. The van der Waals surface area contributed by atoms with Gasteiger partial charge in [0.25, 0.3) is 5.91 Å². The third kappa shape index (κ3) is 2.73. The summed E-state index contributed by atoms with van der Waals surface area (Å²) in [4.78, 5) is 11.6. The van der Waals surface area contributed by atoms with Crippen LogP contribution in [0.15, 0.2) is 41.1 Å². The number of amides is 1. The van der Waals surface area contributed by atoms with E-state index < -0.39 is 0 Å². The zero-order valence-electron chi connectivity index (χ0n) is 11.6. The second-order valence-electron chi connectivity index (χ2n) is 5.02. The first-order valence-corrected chi connectivity index (χ1v) is 7.03. The van der Waals surface area contributed by atoms with Gasteiger partial charge in [0.15, 0.2) is 0 Å². The highest BCUT2D eigenvalue weighted by Gasteiger charge is 2.14. The van der Waals surface area contributed by atoms with Gasteiger partial charge in [0, 0.05) is 35.8 Å². The zero-order chi connectivity index (χ0) is 14.7. The molecule has 1 aromatic heterocycles. The first-order chi connectivity index (χ1) is 10.3. The van der Waals surface area contributed by atoms with Gasteiger partial charge in [0.2, 0.25) is 0 Å². The summed E-state index contributed by atoms with van der Waals surface area (Å²) in [5.41, 5.74) is 5.12. The molecule has 1 aliphatic rings. The van der Waals surface area contributed by atoms with Crippen LogP contribution in [0.1, 0.15) is 18.4 Å². The Morgan fingerprint density at radius 2 is 2.14 bits per heavy atom. The number of unbranched alkanes of at least 4 members (excludes halogenated alkanes) is 1. The molecule has 0 atom stereocenters. The Labute approximate surface area is 122 Å². The van der Waals surface area contributed by atoms with E-state index in [4.69, 9.17) is 5.11 Å². The number of hydrazone groups is 1. The molecule has 0 saturated carbocycles. The predicted molar refractivity (Wildman–Crippen MR) is 82.9 cm³/mol. The van der Waals surface area contributed by atoms with Crippen molar-refractivity contribution in [1.29, 1.82) is 0 Å². The topological polar surface area (TPSA) is 66.6 Å². The fourth-order valence-corrected chi connectivity index (χ4v) is 2.52. The number of nitrogens with one attached hydrogen (secondary N) is 1. The van der Waals surface area contributed by atoms with E-state index in [0.717, 1.165) is 35.9 Å². The molecule has 5 nitrogen and oxygen atoms in total. The molecular formula is C16H17N3O2. The van der Waals surface area contributed by atoms with Crippen LogP contribution in [0.25, 0.3) is 17.0 Å². The maximum atomic E-state index is 11.6. The molecule has 0 fully saturated rings. The Morgan fingerprint density at radius 3 is 2.90 bits per heavy atom. The Hall–Kier alpha value is -2.40. The molecule has 0 spiro atoms. The van der Waals surface area contributed by atoms with E-state index in [1.165, 1.54) is 0 Å². The zero-order valence-corrected chi connectivity index (χ0v) is 11.6. The number of para-hydroxylation sites is 1. The van der Waals surface area contributed by atoms with Crippen LogP contribution in [0.4, 0.5) is 0 Å². The maximum absolute atomic E-state index is 11.6. The van der Waals surface area contributed by atoms with Gasteiger partial charge in [-0.05, 0) is 25.0 Å². The molecule has 3 rings (SSSR count). The van der Waals surface area contributed by atoms with Crippen molar-refractivity contribution in [2.45, 2.75) is 19.4 Å². The molecule has 21 heavy (non-hydrogen) atoms. The van der Waals surface area contributed by atoms with E-state index in [9.17, 15) is 4.79 Å². The van der Waals surface area contributed by atoms with Gasteiger partial charge < -0.3 is 9.67 Å². The molecule has 108 valence electrons. The highest BCUT2D eigenvalue weighted by atomic mass is 16.2. The molecule has 2 heterocycles. The SMILES string of the molecule is O=C1NN=CC1=Cc1cn(CCCCO)c2ccccc12. The molecule has 1 aliphatic heterocycles. The van der Waals surface area contributed by atoms with Gasteiger partial charge >= 0.3 is 0 Å². The van der Waals surface area contributed by atoms with E-state index in [-0.39, 0.29) is 12.5 Å². The van der Waals surface area contributed by atoms with Crippen LogP contribution < -0.4 is 5.43 Å². The lowest BCUT2D eigenvalue weighted by Gasteiger charge is -2.03. The lowest BCUT2D eigenvalue weighted by atomic mass is 10.1. The average Bonchev–Trinajstić information content (AvgIpc) is 3.05. The summed E-state index contributed by atoms with van der Waals surface area (Å²) in [6.45, 7) is 1.07. The highest BCUT2D eigenvalue weighted by Crippen LogP contribution is 2.24. The molecule has 1 amide bonds. The first kappa shape index (κ1) is 13.6. The van der Waals surface area contributed by atoms with E-state index in [1.807, 2.05) is 24.3 Å². The van der Waals surface area contributed by atoms with Crippen LogP contribution in [0.2, 0.25) is 0 Å². The van der Waals surface area contributed by atoms with Crippen LogP contribution in [-0.2, 0) is 11.3 Å². The Morgan fingerprint density at radius 1 is 1.29 bits per heavy atom. The van der Waals surface area contributed by atoms with Crippen molar-refractivity contribution in [1.82, 2.24) is 9.99 Å². The van der Waals surface area contributed by atoms with E-state index in [1.54, 1.807) is 6.21 Å². The smallest absolute Gasteiger partial charge is 0.273 e. The number of aliphatic hydroxyl groups is 1. The van der Waals surface area contributed by atoms with Crippen molar-refractivity contribution in [3.8, 4) is 0 Å². The normalized spacial score (nSPS) is 16.0. The van der Waals surface area contributed by atoms with Gasteiger partial charge in [0.1, 0.15) is 0 Å². The van der Waals surface area contributed by atoms with Crippen molar-refractivity contribution < 1.29 is 9.90 Å². The number of rotatable bonds is 5. The second kappa shape index (κ2) is 5.93. The number of carbonyl (C=O) groups excluding carboxylic acids is 1. The molecule has 2 aromatic rings. The molecule has 5 heteroatoms. The van der Waals surface area contributed by atoms with Gasteiger partial charge in [-0.3, -0.25) is 4.79 Å². The van der Waals surface area contributed by atoms with Gasteiger partial charge in [0.05, 0.1) is 11.8 Å². The fourth-order valence-electron chi connectivity index (χ4n) is 2.52. The second-order valence-corrected chi connectivity index (χ2v) is 5.02. The Kier molecular flexibility index (Phi) is 3.83. The standard InChI is InChI=1S/C16H17N3O2/c20-8-4-3-7-19-11-13(9-12-10-17-18-16(12)21)14-5-1-2-6-15(14)19/h1-2,5-6,9-11,20H,3-4,7-8H2,(H,18,21). The predicted octanol–water partition coefficient (Wildman–Crippen LogP) is 1.91. The largest absolute Gasteiger partial charge is 0.396 e. The number of benzene rings is 1. The summed E-state index contributed by atoms with van der Waals surface area (Å²) >= 11 is 0. The monoisotopic (exact) mass is 283 g/mol. The minimum atomic E-state index is -0.174. The number of hydrogen-bond donors (Lipinski definition) is 2. The van der Waals surface area contributed by atoms with Gasteiger partial charge in [-0.15, -0.1) is 0 Å². The number of hydrogen-bond acceptors (Lipinski definition) is 3. The lowest BCUT2D eigenvalue weighted by molar-refractivity contribution is -0.116. The van der Waals surface area contributed by atoms with E-state index in [0.29, 0.717) is 5.57 Å². The van der Waals surface area contributed by atoms with Crippen LogP contribution in [0.5, 0.6) is 0 Å². The summed E-state index contributed by atoms with van der Waals surface area (Å²) in [5.74, 6) is -0.174. The van der Waals surface area contributed by atoms with Crippen molar-refractivity contribution in [2.75, 3.05) is 6.61 Å². The summed E-state index contributed by atoms with van der Waals surface area (Å²) in [5, 5.41) is 13.8. The Bertz CT molecular complexity index is 728. The summed E-state index contributed by atoms with van der Waals surface area (Å²) < 4.78 is 2.17. The highest BCUT2D eigenvalue weighted by molar-refractivity contribution is 6.19. The minimum absolute atomic E-state index is 0.174. The average molecular weight is 283 g/mol. The van der Waals surface area contributed by atoms with Crippen molar-refractivity contribution in [3.63, 3.8) is 0 Å². The van der Waals surface area contributed by atoms with E-state index >= 15 is 0 Å². The summed E-state index contributed by atoms with van der Waals surface area (Å²) in [7, 11) is 0. The number of carbonyl (C=O) groups is 1. The summed E-state index contributed by atoms with van der Waals surface area (Å²) in [6, 6.07) is 8.12. The number of aliphatic hydroxyl groups excluding tert-OH is 1. The third-order valence-corrected chi connectivity index (χ3v) is 3.57.